The number of aryl methyl sites for hydroxylation is 3. The number of benzene rings is 3. The van der Waals surface area contributed by atoms with Crippen molar-refractivity contribution in [2.75, 3.05) is 6.61 Å². The van der Waals surface area contributed by atoms with Crippen LogP contribution in [-0.4, -0.2) is 27.6 Å². The molecule has 0 amide bonds. The molecule has 1 atom stereocenters. The molecule has 0 bridgehead atoms. The number of aromatic nitrogens is 2. The standard InChI is InChI=1S/C26H26N2O3/c1-17-11-13-20(14-12-17)24-22-9-4-5-10-23(22)26(30)28(27-24)15-21(29)16-31-25-18(2)7-6-8-19(25)3/h4-14,21,29H,15-16H2,1-3H3. The Morgan fingerprint density at radius 2 is 1.55 bits per heavy atom. The number of nitrogens with zero attached hydrogens (tertiary/aromatic N) is 2. The fourth-order valence-electron chi connectivity index (χ4n) is 3.74. The van der Waals surface area contributed by atoms with Crippen molar-refractivity contribution in [3.8, 4) is 17.0 Å². The average molecular weight is 415 g/mol. The summed E-state index contributed by atoms with van der Waals surface area (Å²) in [7, 11) is 0. The number of aliphatic hydroxyl groups excluding tert-OH is 1. The van der Waals surface area contributed by atoms with Gasteiger partial charge in [0, 0.05) is 10.9 Å². The van der Waals surface area contributed by atoms with Gasteiger partial charge in [0.2, 0.25) is 0 Å². The van der Waals surface area contributed by atoms with E-state index in [0.29, 0.717) is 5.39 Å². The molecule has 1 N–H and O–H groups in total. The summed E-state index contributed by atoms with van der Waals surface area (Å²) in [5, 5.41) is 16.6. The van der Waals surface area contributed by atoms with E-state index >= 15 is 0 Å². The lowest BCUT2D eigenvalue weighted by Crippen LogP contribution is -2.32. The van der Waals surface area contributed by atoms with Crippen LogP contribution in [0, 0.1) is 20.8 Å². The van der Waals surface area contributed by atoms with Crippen molar-refractivity contribution in [1.29, 1.82) is 0 Å². The van der Waals surface area contributed by atoms with Crippen molar-refractivity contribution in [2.24, 2.45) is 0 Å². The smallest absolute Gasteiger partial charge is 0.274 e. The van der Waals surface area contributed by atoms with Gasteiger partial charge in [0.15, 0.2) is 0 Å². The van der Waals surface area contributed by atoms with Gasteiger partial charge in [0.05, 0.1) is 17.6 Å². The van der Waals surface area contributed by atoms with Crippen LogP contribution in [0.2, 0.25) is 0 Å². The molecule has 4 rings (SSSR count). The summed E-state index contributed by atoms with van der Waals surface area (Å²) in [6.07, 6.45) is -0.878. The zero-order chi connectivity index (χ0) is 22.0. The molecule has 1 heterocycles. The zero-order valence-corrected chi connectivity index (χ0v) is 18.0. The maximum absolute atomic E-state index is 13.0. The van der Waals surface area contributed by atoms with Crippen molar-refractivity contribution >= 4 is 10.8 Å². The molecule has 0 spiro atoms. The van der Waals surface area contributed by atoms with E-state index in [1.165, 1.54) is 4.68 Å². The molecule has 31 heavy (non-hydrogen) atoms. The topological polar surface area (TPSA) is 64.3 Å². The van der Waals surface area contributed by atoms with E-state index in [-0.39, 0.29) is 18.7 Å². The molecular formula is C26H26N2O3. The Labute approximate surface area is 181 Å². The highest BCUT2D eigenvalue weighted by Crippen LogP contribution is 2.25. The molecule has 0 radical (unpaired) electrons. The maximum atomic E-state index is 13.0. The predicted molar refractivity (Wildman–Crippen MR) is 124 cm³/mol. The van der Waals surface area contributed by atoms with Gasteiger partial charge in [-0.05, 0) is 38.0 Å². The van der Waals surface area contributed by atoms with Crippen molar-refractivity contribution in [3.05, 3.63) is 93.8 Å². The number of hydrogen-bond acceptors (Lipinski definition) is 4. The minimum atomic E-state index is -0.878. The van der Waals surface area contributed by atoms with Crippen molar-refractivity contribution in [3.63, 3.8) is 0 Å². The molecule has 0 aliphatic rings. The number of hydrogen-bond donors (Lipinski definition) is 1. The lowest BCUT2D eigenvalue weighted by atomic mass is 10.0. The van der Waals surface area contributed by atoms with Crippen LogP contribution < -0.4 is 10.3 Å². The van der Waals surface area contributed by atoms with Crippen LogP contribution in [0.4, 0.5) is 0 Å². The number of para-hydroxylation sites is 1. The van der Waals surface area contributed by atoms with E-state index in [4.69, 9.17) is 4.74 Å². The number of aliphatic hydroxyl groups is 1. The van der Waals surface area contributed by atoms with Gasteiger partial charge in [0.25, 0.3) is 5.56 Å². The Morgan fingerprint density at radius 1 is 0.903 bits per heavy atom. The van der Waals surface area contributed by atoms with E-state index < -0.39 is 6.10 Å². The summed E-state index contributed by atoms with van der Waals surface area (Å²) in [4.78, 5) is 13.0. The second kappa shape index (κ2) is 8.74. The molecule has 0 saturated heterocycles. The van der Waals surface area contributed by atoms with E-state index in [9.17, 15) is 9.90 Å². The third kappa shape index (κ3) is 4.37. The third-order valence-electron chi connectivity index (χ3n) is 5.41. The fraction of sp³-hybridized carbons (Fsp3) is 0.231. The number of rotatable bonds is 6. The molecule has 0 aliphatic carbocycles. The maximum Gasteiger partial charge on any atom is 0.274 e. The first-order valence-electron chi connectivity index (χ1n) is 10.4. The van der Waals surface area contributed by atoms with Crippen LogP contribution in [0.1, 0.15) is 16.7 Å². The van der Waals surface area contributed by atoms with Crippen molar-refractivity contribution in [1.82, 2.24) is 9.78 Å². The Kier molecular flexibility index (Phi) is 5.87. The molecule has 0 fully saturated rings. The van der Waals surface area contributed by atoms with Gasteiger partial charge in [-0.1, -0.05) is 66.2 Å². The van der Waals surface area contributed by atoms with E-state index in [0.717, 1.165) is 39.1 Å². The summed E-state index contributed by atoms with van der Waals surface area (Å²) in [5.74, 6) is 0.765. The first-order valence-corrected chi connectivity index (χ1v) is 10.4. The predicted octanol–water partition coefficient (Wildman–Crippen LogP) is 4.43. The van der Waals surface area contributed by atoms with Crippen LogP contribution in [0.15, 0.2) is 71.5 Å². The van der Waals surface area contributed by atoms with Crippen molar-refractivity contribution < 1.29 is 9.84 Å². The Hall–Kier alpha value is -3.44. The first-order chi connectivity index (χ1) is 14.9. The molecule has 3 aromatic carbocycles. The largest absolute Gasteiger partial charge is 0.490 e. The van der Waals surface area contributed by atoms with Crippen LogP contribution in [0.3, 0.4) is 0 Å². The van der Waals surface area contributed by atoms with Gasteiger partial charge >= 0.3 is 0 Å². The summed E-state index contributed by atoms with van der Waals surface area (Å²) >= 11 is 0. The molecule has 1 unspecified atom stereocenters. The highest BCUT2D eigenvalue weighted by Gasteiger charge is 2.16. The monoisotopic (exact) mass is 414 g/mol. The van der Waals surface area contributed by atoms with E-state index in [1.54, 1.807) is 6.07 Å². The number of ether oxygens (including phenoxy) is 1. The van der Waals surface area contributed by atoms with Gasteiger partial charge in [-0.3, -0.25) is 4.79 Å². The third-order valence-corrected chi connectivity index (χ3v) is 5.41. The van der Waals surface area contributed by atoms with Crippen LogP contribution in [-0.2, 0) is 6.54 Å². The average Bonchev–Trinajstić information content (AvgIpc) is 2.76. The minimum Gasteiger partial charge on any atom is -0.490 e. The second-order valence-electron chi connectivity index (χ2n) is 7.93. The van der Waals surface area contributed by atoms with Crippen LogP contribution in [0.25, 0.3) is 22.0 Å². The SMILES string of the molecule is Cc1ccc(-c2nn(CC(O)COc3c(C)cccc3C)c(=O)c3ccccc23)cc1. The van der Waals surface area contributed by atoms with Gasteiger partial charge in [-0.15, -0.1) is 0 Å². The van der Waals surface area contributed by atoms with Crippen LogP contribution >= 0.6 is 0 Å². The van der Waals surface area contributed by atoms with Gasteiger partial charge in [-0.2, -0.15) is 5.10 Å². The Balaban J connectivity index is 1.65. The molecule has 1 aromatic heterocycles. The van der Waals surface area contributed by atoms with Crippen molar-refractivity contribution in [2.45, 2.75) is 33.4 Å². The fourth-order valence-corrected chi connectivity index (χ4v) is 3.74. The molecule has 158 valence electrons. The lowest BCUT2D eigenvalue weighted by molar-refractivity contribution is 0.0876. The summed E-state index contributed by atoms with van der Waals surface area (Å²) in [6, 6.07) is 21.4. The quantitative estimate of drug-likeness (QED) is 0.507. The molecular weight excluding hydrogens is 388 g/mol. The van der Waals surface area contributed by atoms with Crippen LogP contribution in [0.5, 0.6) is 5.75 Å². The summed E-state index contributed by atoms with van der Waals surface area (Å²) < 4.78 is 7.21. The van der Waals surface area contributed by atoms with E-state index in [2.05, 4.69) is 5.10 Å². The normalized spacial score (nSPS) is 12.1. The molecule has 0 saturated carbocycles. The zero-order valence-electron chi connectivity index (χ0n) is 18.0. The molecule has 0 aliphatic heterocycles. The first kappa shape index (κ1) is 20.8. The highest BCUT2D eigenvalue weighted by atomic mass is 16.5. The van der Waals surface area contributed by atoms with Gasteiger partial charge in [-0.25, -0.2) is 4.68 Å². The summed E-state index contributed by atoms with van der Waals surface area (Å²) in [5.41, 5.74) is 4.60. The Morgan fingerprint density at radius 3 is 2.23 bits per heavy atom. The second-order valence-corrected chi connectivity index (χ2v) is 7.93. The highest BCUT2D eigenvalue weighted by molar-refractivity contribution is 5.93. The summed E-state index contributed by atoms with van der Waals surface area (Å²) in [6.45, 7) is 6.10. The van der Waals surface area contributed by atoms with E-state index in [1.807, 2.05) is 81.4 Å². The Bertz CT molecular complexity index is 1260. The van der Waals surface area contributed by atoms with Gasteiger partial charge in [0.1, 0.15) is 18.5 Å². The molecule has 4 aromatic rings. The molecule has 5 nitrogen and oxygen atoms in total. The molecule has 5 heteroatoms. The lowest BCUT2D eigenvalue weighted by Gasteiger charge is -2.17. The van der Waals surface area contributed by atoms with Gasteiger partial charge < -0.3 is 9.84 Å². The number of fused-ring (bicyclic) bond motifs is 1. The minimum absolute atomic E-state index is 0.0491.